The molecule has 0 fully saturated rings. The molecule has 0 aliphatic rings. The van der Waals surface area contributed by atoms with Gasteiger partial charge in [0.15, 0.2) is 0 Å². The summed E-state index contributed by atoms with van der Waals surface area (Å²) in [6.07, 6.45) is 0.417. The Bertz CT molecular complexity index is 602. The van der Waals surface area contributed by atoms with Gasteiger partial charge in [-0.05, 0) is 47.9 Å². The number of hydrogen-bond acceptors (Lipinski definition) is 2. The van der Waals surface area contributed by atoms with Crippen molar-refractivity contribution in [2.24, 2.45) is 5.84 Å². The number of benzene rings is 2. The van der Waals surface area contributed by atoms with Gasteiger partial charge in [0.2, 0.25) is 0 Å². The third-order valence-electron chi connectivity index (χ3n) is 2.91. The van der Waals surface area contributed by atoms with Crippen LogP contribution in [0.1, 0.15) is 17.2 Å². The summed E-state index contributed by atoms with van der Waals surface area (Å²) in [5, 5.41) is 0.0690. The van der Waals surface area contributed by atoms with Crippen LogP contribution in [0.4, 0.5) is 8.78 Å². The van der Waals surface area contributed by atoms with Gasteiger partial charge >= 0.3 is 0 Å². The summed E-state index contributed by atoms with van der Waals surface area (Å²) in [6.45, 7) is 0. The Kier molecular flexibility index (Phi) is 5.10. The van der Waals surface area contributed by atoms with E-state index in [9.17, 15) is 8.78 Å². The van der Waals surface area contributed by atoms with Crippen molar-refractivity contribution in [2.45, 2.75) is 12.5 Å². The molecule has 1 atom stereocenters. The van der Waals surface area contributed by atoms with Gasteiger partial charge in [-0.15, -0.1) is 0 Å². The van der Waals surface area contributed by atoms with Crippen molar-refractivity contribution in [3.8, 4) is 0 Å². The standard InChI is InChI=1S/C14H12BrClF2N2/c15-10-5-9(6-11(17)7-10)14(20-19)4-8-1-2-12(16)13(18)3-8/h1-3,5-7,14,20H,4,19H2. The number of halogens is 4. The van der Waals surface area contributed by atoms with E-state index in [-0.39, 0.29) is 16.9 Å². The quantitative estimate of drug-likeness (QED) is 0.635. The van der Waals surface area contributed by atoms with E-state index >= 15 is 0 Å². The second-order valence-electron chi connectivity index (χ2n) is 4.37. The monoisotopic (exact) mass is 360 g/mol. The van der Waals surface area contributed by atoms with Gasteiger partial charge in [0.05, 0.1) is 11.1 Å². The Hall–Kier alpha value is -1.01. The van der Waals surface area contributed by atoms with E-state index in [1.165, 1.54) is 24.3 Å². The van der Waals surface area contributed by atoms with E-state index in [2.05, 4.69) is 21.4 Å². The van der Waals surface area contributed by atoms with Crippen molar-refractivity contribution in [3.63, 3.8) is 0 Å². The fraction of sp³-hybridized carbons (Fsp3) is 0.143. The van der Waals surface area contributed by atoms with E-state index in [0.29, 0.717) is 16.5 Å². The fourth-order valence-electron chi connectivity index (χ4n) is 1.95. The predicted octanol–water partition coefficient (Wildman–Crippen LogP) is 4.13. The highest BCUT2D eigenvalue weighted by Gasteiger charge is 2.13. The Morgan fingerprint density at radius 2 is 1.95 bits per heavy atom. The summed E-state index contributed by atoms with van der Waals surface area (Å²) in [5.74, 6) is 4.66. The van der Waals surface area contributed by atoms with Crippen LogP contribution in [0.5, 0.6) is 0 Å². The van der Waals surface area contributed by atoms with Crippen molar-refractivity contribution in [2.75, 3.05) is 0 Å². The highest BCUT2D eigenvalue weighted by molar-refractivity contribution is 9.10. The summed E-state index contributed by atoms with van der Waals surface area (Å²) in [5.41, 5.74) is 4.01. The number of hydrogen-bond donors (Lipinski definition) is 2. The normalized spacial score (nSPS) is 12.4. The molecule has 3 N–H and O–H groups in total. The number of nitrogens with two attached hydrogens (primary N) is 1. The summed E-state index contributed by atoms with van der Waals surface area (Å²) >= 11 is 8.87. The van der Waals surface area contributed by atoms with E-state index in [1.807, 2.05) is 0 Å². The van der Waals surface area contributed by atoms with Crippen molar-refractivity contribution in [1.82, 2.24) is 5.43 Å². The molecule has 20 heavy (non-hydrogen) atoms. The number of nitrogens with one attached hydrogen (secondary N) is 1. The summed E-state index contributed by atoms with van der Waals surface area (Å²) < 4.78 is 27.4. The number of rotatable bonds is 4. The zero-order valence-electron chi connectivity index (χ0n) is 10.3. The van der Waals surface area contributed by atoms with Crippen LogP contribution >= 0.6 is 27.5 Å². The van der Waals surface area contributed by atoms with Crippen LogP contribution in [0.3, 0.4) is 0 Å². The lowest BCUT2D eigenvalue weighted by Crippen LogP contribution is -2.29. The third-order valence-corrected chi connectivity index (χ3v) is 3.68. The van der Waals surface area contributed by atoms with Gasteiger partial charge in [-0.25, -0.2) is 8.78 Å². The lowest BCUT2D eigenvalue weighted by molar-refractivity contribution is 0.541. The van der Waals surface area contributed by atoms with E-state index in [1.54, 1.807) is 12.1 Å². The lowest BCUT2D eigenvalue weighted by atomic mass is 9.99. The highest BCUT2D eigenvalue weighted by Crippen LogP contribution is 2.24. The molecular formula is C14H12BrClF2N2. The van der Waals surface area contributed by atoms with Gasteiger partial charge in [0.1, 0.15) is 11.6 Å². The Morgan fingerprint density at radius 1 is 1.20 bits per heavy atom. The van der Waals surface area contributed by atoms with Crippen molar-refractivity contribution < 1.29 is 8.78 Å². The molecule has 0 saturated carbocycles. The minimum absolute atomic E-state index is 0.0690. The molecule has 0 aliphatic carbocycles. The van der Waals surface area contributed by atoms with Gasteiger partial charge in [-0.3, -0.25) is 11.3 Å². The zero-order valence-corrected chi connectivity index (χ0v) is 12.7. The summed E-state index contributed by atoms with van der Waals surface area (Å²) in [7, 11) is 0. The van der Waals surface area contributed by atoms with Gasteiger partial charge in [-0.1, -0.05) is 33.6 Å². The molecular weight excluding hydrogens is 350 g/mol. The molecule has 0 radical (unpaired) electrons. The zero-order chi connectivity index (χ0) is 14.7. The Labute approximate surface area is 129 Å². The van der Waals surface area contributed by atoms with Crippen LogP contribution in [0.25, 0.3) is 0 Å². The van der Waals surface area contributed by atoms with Crippen LogP contribution in [-0.4, -0.2) is 0 Å². The molecule has 106 valence electrons. The fourth-order valence-corrected chi connectivity index (χ4v) is 2.55. The van der Waals surface area contributed by atoms with Gasteiger partial charge < -0.3 is 0 Å². The molecule has 0 aromatic heterocycles. The minimum Gasteiger partial charge on any atom is -0.271 e. The molecule has 0 bridgehead atoms. The maximum Gasteiger partial charge on any atom is 0.142 e. The predicted molar refractivity (Wildman–Crippen MR) is 79.3 cm³/mol. The first-order valence-electron chi connectivity index (χ1n) is 5.85. The Balaban J connectivity index is 2.26. The maximum absolute atomic E-state index is 13.4. The highest BCUT2D eigenvalue weighted by atomic mass is 79.9. The van der Waals surface area contributed by atoms with Crippen LogP contribution < -0.4 is 11.3 Å². The molecule has 2 aromatic carbocycles. The first-order valence-corrected chi connectivity index (χ1v) is 7.02. The van der Waals surface area contributed by atoms with Crippen molar-refractivity contribution >= 4 is 27.5 Å². The minimum atomic E-state index is -0.486. The Morgan fingerprint density at radius 3 is 2.55 bits per heavy atom. The molecule has 1 unspecified atom stereocenters. The third kappa shape index (κ3) is 3.76. The molecule has 0 amide bonds. The summed E-state index contributed by atoms with van der Waals surface area (Å²) in [6, 6.07) is 8.73. The van der Waals surface area contributed by atoms with E-state index in [4.69, 9.17) is 17.4 Å². The molecule has 2 aromatic rings. The largest absolute Gasteiger partial charge is 0.271 e. The smallest absolute Gasteiger partial charge is 0.142 e. The summed E-state index contributed by atoms with van der Waals surface area (Å²) in [4.78, 5) is 0. The second kappa shape index (κ2) is 6.63. The van der Waals surface area contributed by atoms with E-state index in [0.717, 1.165) is 5.56 Å². The first kappa shape index (κ1) is 15.4. The molecule has 0 spiro atoms. The average molecular weight is 362 g/mol. The topological polar surface area (TPSA) is 38.0 Å². The SMILES string of the molecule is NNC(Cc1ccc(Cl)c(F)c1)c1cc(F)cc(Br)c1. The molecule has 0 heterocycles. The number of hydrazine groups is 1. The molecule has 0 aliphatic heterocycles. The van der Waals surface area contributed by atoms with Crippen LogP contribution in [-0.2, 0) is 6.42 Å². The molecule has 2 nitrogen and oxygen atoms in total. The maximum atomic E-state index is 13.4. The average Bonchev–Trinajstić information content (AvgIpc) is 2.38. The van der Waals surface area contributed by atoms with Gasteiger partial charge in [0, 0.05) is 4.47 Å². The lowest BCUT2D eigenvalue weighted by Gasteiger charge is -2.17. The van der Waals surface area contributed by atoms with Gasteiger partial charge in [-0.2, -0.15) is 0 Å². The van der Waals surface area contributed by atoms with Crippen molar-refractivity contribution in [1.29, 1.82) is 0 Å². The molecule has 6 heteroatoms. The van der Waals surface area contributed by atoms with E-state index < -0.39 is 5.82 Å². The van der Waals surface area contributed by atoms with Crippen LogP contribution in [0, 0.1) is 11.6 Å². The second-order valence-corrected chi connectivity index (χ2v) is 5.70. The first-order chi connectivity index (χ1) is 9.49. The van der Waals surface area contributed by atoms with Gasteiger partial charge in [0.25, 0.3) is 0 Å². The van der Waals surface area contributed by atoms with Crippen molar-refractivity contribution in [3.05, 3.63) is 68.7 Å². The molecule has 2 rings (SSSR count). The molecule has 0 saturated heterocycles. The van der Waals surface area contributed by atoms with Crippen LogP contribution in [0.2, 0.25) is 5.02 Å². The van der Waals surface area contributed by atoms with Crippen LogP contribution in [0.15, 0.2) is 40.9 Å².